The van der Waals surface area contributed by atoms with Crippen LogP contribution < -0.4 is 10.6 Å². The first-order valence-corrected chi connectivity index (χ1v) is 10.9. The third-order valence-electron chi connectivity index (χ3n) is 6.32. The monoisotopic (exact) mass is 419 g/mol. The molecule has 0 saturated carbocycles. The number of carbonyl (C=O) groups is 2. The number of nitrogens with one attached hydrogen (secondary N) is 2. The standard InChI is InChI=1S/C21H30ClN5O2/c1-15(28)25-8-10-26(11-9-25)21(29)19-3-2-16(12-20(19)22)24-17-13-27(14-17)18-4-6-23-7-5-18/h2-3,12,17-18,23-24H,4-11,13-14H2,1H3. The van der Waals surface area contributed by atoms with Crippen LogP contribution in [0.3, 0.4) is 0 Å². The number of carbonyl (C=O) groups excluding carboxylic acids is 2. The number of rotatable bonds is 4. The Labute approximate surface area is 177 Å². The first kappa shape index (κ1) is 20.4. The van der Waals surface area contributed by atoms with Crippen molar-refractivity contribution in [2.45, 2.75) is 31.8 Å². The number of piperidine rings is 1. The van der Waals surface area contributed by atoms with E-state index in [2.05, 4.69) is 15.5 Å². The number of likely N-dealkylation sites (tertiary alicyclic amines) is 1. The lowest BCUT2D eigenvalue weighted by Gasteiger charge is -2.46. The van der Waals surface area contributed by atoms with Crippen LogP contribution in [0.1, 0.15) is 30.1 Å². The van der Waals surface area contributed by atoms with E-state index in [1.807, 2.05) is 18.2 Å². The summed E-state index contributed by atoms with van der Waals surface area (Å²) in [6.07, 6.45) is 2.46. The van der Waals surface area contributed by atoms with Crippen LogP contribution in [0.15, 0.2) is 18.2 Å². The maximum atomic E-state index is 12.8. The number of halogens is 1. The van der Waals surface area contributed by atoms with E-state index < -0.39 is 0 Å². The summed E-state index contributed by atoms with van der Waals surface area (Å²) >= 11 is 6.45. The Morgan fingerprint density at radius 3 is 2.34 bits per heavy atom. The minimum absolute atomic E-state index is 0.0558. The molecule has 0 bridgehead atoms. The Morgan fingerprint density at radius 2 is 1.72 bits per heavy atom. The average molecular weight is 420 g/mol. The minimum Gasteiger partial charge on any atom is -0.380 e. The molecule has 0 spiro atoms. The van der Waals surface area contributed by atoms with E-state index in [1.165, 1.54) is 12.8 Å². The van der Waals surface area contributed by atoms with Crippen LogP contribution in [0.4, 0.5) is 5.69 Å². The van der Waals surface area contributed by atoms with Crippen molar-refractivity contribution in [1.29, 1.82) is 0 Å². The molecule has 3 heterocycles. The summed E-state index contributed by atoms with van der Waals surface area (Å²) in [5.41, 5.74) is 1.49. The van der Waals surface area contributed by atoms with Crippen LogP contribution in [0.5, 0.6) is 0 Å². The van der Waals surface area contributed by atoms with Crippen LogP contribution in [0, 0.1) is 0 Å². The van der Waals surface area contributed by atoms with E-state index >= 15 is 0 Å². The molecule has 3 saturated heterocycles. The molecule has 0 aromatic heterocycles. The van der Waals surface area contributed by atoms with Crippen LogP contribution in [-0.2, 0) is 4.79 Å². The summed E-state index contributed by atoms with van der Waals surface area (Å²) in [4.78, 5) is 30.4. The maximum Gasteiger partial charge on any atom is 0.255 e. The molecule has 0 radical (unpaired) electrons. The largest absolute Gasteiger partial charge is 0.380 e. The minimum atomic E-state index is -0.0644. The van der Waals surface area contributed by atoms with Gasteiger partial charge in [-0.25, -0.2) is 0 Å². The normalized spacial score (nSPS) is 21.7. The topological polar surface area (TPSA) is 67.9 Å². The smallest absolute Gasteiger partial charge is 0.255 e. The van der Waals surface area contributed by atoms with Crippen molar-refractivity contribution in [1.82, 2.24) is 20.0 Å². The highest BCUT2D eigenvalue weighted by molar-refractivity contribution is 6.34. The third kappa shape index (κ3) is 4.68. The summed E-state index contributed by atoms with van der Waals surface area (Å²) in [6, 6.07) is 6.75. The van der Waals surface area contributed by atoms with Gasteiger partial charge in [-0.2, -0.15) is 0 Å². The van der Waals surface area contributed by atoms with Gasteiger partial charge in [0.1, 0.15) is 0 Å². The van der Waals surface area contributed by atoms with Crippen LogP contribution in [0.2, 0.25) is 5.02 Å². The zero-order valence-corrected chi connectivity index (χ0v) is 17.7. The third-order valence-corrected chi connectivity index (χ3v) is 6.63. The molecule has 1 aromatic rings. The van der Waals surface area contributed by atoms with Gasteiger partial charge in [-0.05, 0) is 44.1 Å². The highest BCUT2D eigenvalue weighted by Crippen LogP contribution is 2.26. The van der Waals surface area contributed by atoms with Crippen LogP contribution in [-0.4, -0.2) is 91.0 Å². The predicted octanol–water partition coefficient (Wildman–Crippen LogP) is 1.49. The van der Waals surface area contributed by atoms with Gasteiger partial charge in [0, 0.05) is 57.9 Å². The zero-order valence-electron chi connectivity index (χ0n) is 17.0. The Kier molecular flexibility index (Phi) is 6.27. The number of hydrogen-bond donors (Lipinski definition) is 2. The van der Waals surface area contributed by atoms with Gasteiger partial charge >= 0.3 is 0 Å². The highest BCUT2D eigenvalue weighted by Gasteiger charge is 2.33. The molecule has 3 aliphatic rings. The van der Waals surface area contributed by atoms with E-state index in [1.54, 1.807) is 16.7 Å². The first-order valence-electron chi connectivity index (χ1n) is 10.6. The molecule has 4 rings (SSSR count). The Balaban J connectivity index is 1.29. The second-order valence-electron chi connectivity index (χ2n) is 8.27. The SMILES string of the molecule is CC(=O)N1CCN(C(=O)c2ccc(NC3CN(C4CCNCC4)C3)cc2Cl)CC1. The molecule has 158 valence electrons. The highest BCUT2D eigenvalue weighted by atomic mass is 35.5. The Bertz CT molecular complexity index is 753. The van der Waals surface area contributed by atoms with Crippen LogP contribution >= 0.6 is 11.6 Å². The lowest BCUT2D eigenvalue weighted by atomic mass is 9.98. The van der Waals surface area contributed by atoms with Crippen molar-refractivity contribution in [3.05, 3.63) is 28.8 Å². The lowest BCUT2D eigenvalue weighted by Crippen LogP contribution is -2.60. The summed E-state index contributed by atoms with van der Waals surface area (Å²) in [7, 11) is 0. The fourth-order valence-electron chi connectivity index (χ4n) is 4.48. The average Bonchev–Trinajstić information content (AvgIpc) is 2.70. The number of nitrogens with zero attached hydrogens (tertiary/aromatic N) is 3. The molecule has 8 heteroatoms. The molecular weight excluding hydrogens is 390 g/mol. The fourth-order valence-corrected chi connectivity index (χ4v) is 4.74. The number of benzene rings is 1. The van der Waals surface area contributed by atoms with Gasteiger partial charge in [-0.1, -0.05) is 11.6 Å². The maximum absolute atomic E-state index is 12.8. The molecule has 0 atom stereocenters. The number of piperazine rings is 1. The van der Waals surface area contributed by atoms with Crippen molar-refractivity contribution < 1.29 is 9.59 Å². The number of amides is 2. The molecular formula is C21H30ClN5O2. The molecule has 3 fully saturated rings. The van der Waals surface area contributed by atoms with E-state index in [4.69, 9.17) is 11.6 Å². The summed E-state index contributed by atoms with van der Waals surface area (Å²) in [5.74, 6) is -0.00856. The fraction of sp³-hybridized carbons (Fsp3) is 0.619. The van der Waals surface area contributed by atoms with E-state index in [9.17, 15) is 9.59 Å². The van der Waals surface area contributed by atoms with E-state index in [-0.39, 0.29) is 11.8 Å². The van der Waals surface area contributed by atoms with Crippen molar-refractivity contribution in [3.8, 4) is 0 Å². The van der Waals surface area contributed by atoms with Crippen LogP contribution in [0.25, 0.3) is 0 Å². The van der Waals surface area contributed by atoms with Gasteiger partial charge in [0.2, 0.25) is 5.91 Å². The van der Waals surface area contributed by atoms with Gasteiger partial charge in [0.05, 0.1) is 16.6 Å². The van der Waals surface area contributed by atoms with Crippen molar-refractivity contribution in [2.75, 3.05) is 57.7 Å². The lowest BCUT2D eigenvalue weighted by molar-refractivity contribution is -0.130. The van der Waals surface area contributed by atoms with Crippen molar-refractivity contribution in [3.63, 3.8) is 0 Å². The summed E-state index contributed by atoms with van der Waals surface area (Å²) in [5, 5.41) is 7.43. The van der Waals surface area contributed by atoms with Gasteiger partial charge in [-0.15, -0.1) is 0 Å². The van der Waals surface area contributed by atoms with E-state index in [0.29, 0.717) is 48.8 Å². The van der Waals surface area contributed by atoms with Gasteiger partial charge in [0.25, 0.3) is 5.91 Å². The molecule has 1 aromatic carbocycles. The second kappa shape index (κ2) is 8.90. The van der Waals surface area contributed by atoms with Gasteiger partial charge in [-0.3, -0.25) is 14.5 Å². The molecule has 2 amide bonds. The number of hydrogen-bond acceptors (Lipinski definition) is 5. The molecule has 0 unspecified atom stereocenters. The Morgan fingerprint density at radius 1 is 1.07 bits per heavy atom. The summed E-state index contributed by atoms with van der Waals surface area (Å²) < 4.78 is 0. The predicted molar refractivity (Wildman–Crippen MR) is 114 cm³/mol. The Hall–Kier alpha value is -1.83. The summed E-state index contributed by atoms with van der Waals surface area (Å²) in [6.45, 7) is 8.16. The second-order valence-corrected chi connectivity index (χ2v) is 8.68. The zero-order chi connectivity index (χ0) is 20.4. The molecule has 0 aliphatic carbocycles. The molecule has 7 nitrogen and oxygen atoms in total. The van der Waals surface area contributed by atoms with Crippen molar-refractivity contribution >= 4 is 29.1 Å². The van der Waals surface area contributed by atoms with E-state index in [0.717, 1.165) is 31.9 Å². The quantitative estimate of drug-likeness (QED) is 0.774. The molecule has 2 N–H and O–H groups in total. The van der Waals surface area contributed by atoms with Gasteiger partial charge in [0.15, 0.2) is 0 Å². The van der Waals surface area contributed by atoms with Crippen molar-refractivity contribution in [2.24, 2.45) is 0 Å². The molecule has 29 heavy (non-hydrogen) atoms. The molecule has 3 aliphatic heterocycles. The first-order chi connectivity index (χ1) is 14.0. The van der Waals surface area contributed by atoms with Gasteiger partial charge < -0.3 is 20.4 Å². The number of anilines is 1.